The summed E-state index contributed by atoms with van der Waals surface area (Å²) in [4.78, 5) is 47.7. The summed E-state index contributed by atoms with van der Waals surface area (Å²) in [5, 5.41) is 16.1. The van der Waals surface area contributed by atoms with E-state index in [2.05, 4.69) is 10.6 Å². The molecule has 0 atom stereocenters. The van der Waals surface area contributed by atoms with Gasteiger partial charge in [-0.25, -0.2) is 9.18 Å². The first-order chi connectivity index (χ1) is 14.4. The number of nitro benzene ring substituents is 1. The number of benzene rings is 2. The quantitative estimate of drug-likeness (QED) is 0.297. The fourth-order valence-electron chi connectivity index (χ4n) is 3.11. The summed E-state index contributed by atoms with van der Waals surface area (Å²) < 4.78 is 13.1. The lowest BCUT2D eigenvalue weighted by Gasteiger charge is -2.14. The number of nitro groups is 1. The molecule has 1 aliphatic heterocycles. The second-order valence-electron chi connectivity index (χ2n) is 6.67. The van der Waals surface area contributed by atoms with E-state index in [9.17, 15) is 28.9 Å². The van der Waals surface area contributed by atoms with Crippen molar-refractivity contribution in [1.29, 1.82) is 0 Å². The van der Waals surface area contributed by atoms with E-state index in [1.807, 2.05) is 0 Å². The Labute approximate surface area is 171 Å². The Balaban J connectivity index is 1.41. The number of hydrogen-bond donors (Lipinski definition) is 2. The van der Waals surface area contributed by atoms with Crippen LogP contribution < -0.4 is 10.6 Å². The van der Waals surface area contributed by atoms with Crippen LogP contribution >= 0.6 is 0 Å². The lowest BCUT2D eigenvalue weighted by Crippen LogP contribution is -2.38. The monoisotopic (exact) mass is 414 g/mol. The van der Waals surface area contributed by atoms with Gasteiger partial charge in [0.25, 0.3) is 17.5 Å². The third-order valence-electron chi connectivity index (χ3n) is 4.60. The fraction of sp³-hybridized carbons (Fsp3) is 0.250. The number of non-ortho nitro benzene ring substituents is 1. The highest BCUT2D eigenvalue weighted by Gasteiger charge is 2.36. The zero-order chi connectivity index (χ0) is 21.7. The summed E-state index contributed by atoms with van der Waals surface area (Å²) in [6.45, 7) is 0.621. The van der Waals surface area contributed by atoms with Crippen LogP contribution in [0, 0.1) is 15.9 Å². The molecule has 0 fully saturated rings. The maximum Gasteiger partial charge on any atom is 0.314 e. The minimum absolute atomic E-state index is 0.0113. The predicted molar refractivity (Wildman–Crippen MR) is 105 cm³/mol. The molecule has 0 aromatic heterocycles. The molecule has 0 saturated carbocycles. The van der Waals surface area contributed by atoms with Crippen molar-refractivity contribution in [2.75, 3.05) is 19.6 Å². The van der Waals surface area contributed by atoms with E-state index in [1.165, 1.54) is 24.3 Å². The Morgan fingerprint density at radius 2 is 1.77 bits per heavy atom. The van der Waals surface area contributed by atoms with Gasteiger partial charge < -0.3 is 10.6 Å². The van der Waals surface area contributed by atoms with Crippen molar-refractivity contribution in [1.82, 2.24) is 15.5 Å². The SMILES string of the molecule is O=C(NCCCN1C(=O)c2ccc([N+](=O)[O-])cc2C1=O)NCCc1cccc(F)c1. The topological polar surface area (TPSA) is 122 Å². The van der Waals surface area contributed by atoms with Crippen LogP contribution in [-0.4, -0.2) is 47.3 Å². The average molecular weight is 414 g/mol. The highest BCUT2D eigenvalue weighted by atomic mass is 19.1. The van der Waals surface area contributed by atoms with Crippen LogP contribution in [0.25, 0.3) is 0 Å². The first-order valence-corrected chi connectivity index (χ1v) is 9.27. The molecule has 2 N–H and O–H groups in total. The van der Waals surface area contributed by atoms with Crippen LogP contribution in [0.1, 0.15) is 32.7 Å². The molecule has 156 valence electrons. The Hall–Kier alpha value is -3.82. The molecule has 30 heavy (non-hydrogen) atoms. The third kappa shape index (κ3) is 4.77. The van der Waals surface area contributed by atoms with Gasteiger partial charge in [-0.15, -0.1) is 0 Å². The standard InChI is InChI=1S/C20H19FN4O5/c21-14-4-1-3-13(11-14)7-9-23-20(28)22-8-2-10-24-18(26)16-6-5-15(25(29)30)12-17(16)19(24)27/h1,3-6,11-12H,2,7-10H2,(H2,22,23,28). The summed E-state index contributed by atoms with van der Waals surface area (Å²) in [7, 11) is 0. The number of nitrogens with zero attached hydrogens (tertiary/aromatic N) is 2. The van der Waals surface area contributed by atoms with Gasteiger partial charge in [0.05, 0.1) is 16.1 Å². The number of rotatable bonds is 8. The molecule has 2 aromatic carbocycles. The Morgan fingerprint density at radius 1 is 1.03 bits per heavy atom. The molecule has 2 aromatic rings. The number of amides is 4. The summed E-state index contributed by atoms with van der Waals surface area (Å²) in [6.07, 6.45) is 0.803. The van der Waals surface area contributed by atoms with Gasteiger partial charge in [-0.3, -0.25) is 24.6 Å². The minimum Gasteiger partial charge on any atom is -0.338 e. The molecule has 10 heteroatoms. The van der Waals surface area contributed by atoms with Crippen LogP contribution in [-0.2, 0) is 6.42 Å². The first kappa shape index (κ1) is 20.9. The second kappa shape index (κ2) is 9.12. The van der Waals surface area contributed by atoms with Crippen molar-refractivity contribution < 1.29 is 23.7 Å². The molecule has 0 aliphatic carbocycles. The Kier molecular flexibility index (Phi) is 6.35. The number of imide groups is 1. The average Bonchev–Trinajstić information content (AvgIpc) is 2.95. The van der Waals surface area contributed by atoms with Crippen molar-refractivity contribution in [3.8, 4) is 0 Å². The van der Waals surface area contributed by atoms with Crippen molar-refractivity contribution in [3.05, 3.63) is 75.1 Å². The van der Waals surface area contributed by atoms with Gasteiger partial charge in [-0.1, -0.05) is 12.1 Å². The van der Waals surface area contributed by atoms with E-state index in [0.29, 0.717) is 19.4 Å². The number of nitrogens with one attached hydrogen (secondary N) is 2. The smallest absolute Gasteiger partial charge is 0.314 e. The minimum atomic E-state index is -0.627. The molecule has 0 unspecified atom stereocenters. The van der Waals surface area contributed by atoms with Gasteiger partial charge in [-0.05, 0) is 36.6 Å². The van der Waals surface area contributed by atoms with Gasteiger partial charge in [0, 0.05) is 31.8 Å². The maximum absolute atomic E-state index is 13.1. The molecular weight excluding hydrogens is 395 g/mol. The number of fused-ring (bicyclic) bond motifs is 1. The molecule has 3 rings (SSSR count). The predicted octanol–water partition coefficient (Wildman–Crippen LogP) is 2.26. The highest BCUT2D eigenvalue weighted by molar-refractivity contribution is 6.21. The largest absolute Gasteiger partial charge is 0.338 e. The normalized spacial score (nSPS) is 12.6. The molecule has 0 spiro atoms. The Morgan fingerprint density at radius 3 is 2.50 bits per heavy atom. The van der Waals surface area contributed by atoms with Gasteiger partial charge in [0.2, 0.25) is 0 Å². The summed E-state index contributed by atoms with van der Waals surface area (Å²) in [5.74, 6) is -1.43. The van der Waals surface area contributed by atoms with E-state index >= 15 is 0 Å². The van der Waals surface area contributed by atoms with Crippen LogP contribution in [0.5, 0.6) is 0 Å². The van der Waals surface area contributed by atoms with Crippen LogP contribution in [0.3, 0.4) is 0 Å². The molecule has 1 heterocycles. The second-order valence-corrected chi connectivity index (χ2v) is 6.67. The third-order valence-corrected chi connectivity index (χ3v) is 4.60. The molecular formula is C20H19FN4O5. The molecule has 0 saturated heterocycles. The summed E-state index contributed by atoms with van der Waals surface area (Å²) in [6, 6.07) is 9.25. The van der Waals surface area contributed by atoms with Gasteiger partial charge in [0.1, 0.15) is 5.82 Å². The lowest BCUT2D eigenvalue weighted by molar-refractivity contribution is -0.384. The maximum atomic E-state index is 13.1. The number of halogens is 1. The van der Waals surface area contributed by atoms with Crippen molar-refractivity contribution in [2.45, 2.75) is 12.8 Å². The highest BCUT2D eigenvalue weighted by Crippen LogP contribution is 2.26. The van der Waals surface area contributed by atoms with Gasteiger partial charge in [0.15, 0.2) is 0 Å². The lowest BCUT2D eigenvalue weighted by atomic mass is 10.1. The first-order valence-electron chi connectivity index (χ1n) is 9.27. The number of urea groups is 1. The number of carbonyl (C=O) groups excluding carboxylic acids is 3. The summed E-state index contributed by atoms with van der Waals surface area (Å²) >= 11 is 0. The van der Waals surface area contributed by atoms with Crippen LogP contribution in [0.4, 0.5) is 14.9 Å². The van der Waals surface area contributed by atoms with Gasteiger partial charge >= 0.3 is 6.03 Å². The summed E-state index contributed by atoms with van der Waals surface area (Å²) in [5.41, 5.74) is 0.653. The number of carbonyl (C=O) groups is 3. The van der Waals surface area contributed by atoms with E-state index in [4.69, 9.17) is 0 Å². The molecule has 0 bridgehead atoms. The van der Waals surface area contributed by atoms with E-state index < -0.39 is 22.8 Å². The van der Waals surface area contributed by atoms with Crippen molar-refractivity contribution in [3.63, 3.8) is 0 Å². The van der Waals surface area contributed by atoms with Crippen LogP contribution in [0.2, 0.25) is 0 Å². The molecule has 0 radical (unpaired) electrons. The molecule has 4 amide bonds. The Bertz CT molecular complexity index is 1010. The van der Waals surface area contributed by atoms with Crippen molar-refractivity contribution >= 4 is 23.5 Å². The van der Waals surface area contributed by atoms with E-state index in [-0.39, 0.29) is 35.7 Å². The van der Waals surface area contributed by atoms with E-state index in [1.54, 1.807) is 12.1 Å². The van der Waals surface area contributed by atoms with Gasteiger partial charge in [-0.2, -0.15) is 0 Å². The molecule has 1 aliphatic rings. The van der Waals surface area contributed by atoms with E-state index in [0.717, 1.165) is 16.5 Å². The van der Waals surface area contributed by atoms with Crippen molar-refractivity contribution in [2.24, 2.45) is 0 Å². The fourth-order valence-corrected chi connectivity index (χ4v) is 3.11. The number of hydrogen-bond acceptors (Lipinski definition) is 5. The zero-order valence-corrected chi connectivity index (χ0v) is 15.9. The zero-order valence-electron chi connectivity index (χ0n) is 15.9. The van der Waals surface area contributed by atoms with Crippen LogP contribution in [0.15, 0.2) is 42.5 Å². The molecule has 9 nitrogen and oxygen atoms in total.